The molecule has 102 valence electrons. The lowest BCUT2D eigenvalue weighted by atomic mass is 10.3. The van der Waals surface area contributed by atoms with Crippen molar-refractivity contribution >= 4 is 29.1 Å². The Bertz CT molecular complexity index is 514. The number of hydrogen-bond acceptors (Lipinski definition) is 6. The summed E-state index contributed by atoms with van der Waals surface area (Å²) in [6.07, 6.45) is 0. The number of nitrogens with zero attached hydrogens (tertiary/aromatic N) is 2. The molecule has 0 radical (unpaired) electrons. The molecule has 2 heterocycles. The lowest BCUT2D eigenvalue weighted by Gasteiger charge is -2.25. The molecule has 0 atom stereocenters. The highest BCUT2D eigenvalue weighted by atomic mass is 32.1. The van der Waals surface area contributed by atoms with Crippen LogP contribution >= 0.6 is 11.3 Å². The molecule has 1 aliphatic heterocycles. The van der Waals surface area contributed by atoms with E-state index in [0.717, 1.165) is 11.3 Å². The molecule has 19 heavy (non-hydrogen) atoms. The number of rotatable bonds is 3. The van der Waals surface area contributed by atoms with Crippen LogP contribution in [0.4, 0.5) is 0 Å². The predicted octanol–water partition coefficient (Wildman–Crippen LogP) is -0.108. The van der Waals surface area contributed by atoms with Crippen molar-refractivity contribution in [3.05, 3.63) is 16.1 Å². The molecule has 2 rings (SSSR count). The van der Waals surface area contributed by atoms with Crippen LogP contribution in [0.1, 0.15) is 27.2 Å². The van der Waals surface area contributed by atoms with E-state index < -0.39 is 5.97 Å². The van der Waals surface area contributed by atoms with Crippen LogP contribution in [0.5, 0.6) is 0 Å². The van der Waals surface area contributed by atoms with E-state index in [2.05, 4.69) is 10.3 Å². The van der Waals surface area contributed by atoms with E-state index in [0.29, 0.717) is 13.1 Å². The molecular weight excluding hydrogens is 270 g/mol. The summed E-state index contributed by atoms with van der Waals surface area (Å²) in [5.41, 5.74) is 0.169. The maximum absolute atomic E-state index is 12.1. The SMILES string of the molecule is CCOC(=O)c1nc(C(=O)N2CCNC(=O)C2)cs1. The molecule has 0 aromatic carbocycles. The minimum absolute atomic E-state index is 0.0189. The van der Waals surface area contributed by atoms with E-state index in [1.54, 1.807) is 6.92 Å². The Morgan fingerprint density at radius 3 is 3.05 bits per heavy atom. The van der Waals surface area contributed by atoms with Gasteiger partial charge < -0.3 is 15.0 Å². The Morgan fingerprint density at radius 2 is 2.37 bits per heavy atom. The molecule has 0 unspecified atom stereocenters. The Morgan fingerprint density at radius 1 is 1.58 bits per heavy atom. The fourth-order valence-corrected chi connectivity index (χ4v) is 2.32. The quantitative estimate of drug-likeness (QED) is 0.782. The minimum Gasteiger partial charge on any atom is -0.461 e. The first-order valence-electron chi connectivity index (χ1n) is 5.80. The standard InChI is InChI=1S/C11H13N3O4S/c1-2-18-11(17)9-13-7(6-19-9)10(16)14-4-3-12-8(15)5-14/h6H,2-5H2,1H3,(H,12,15). The number of esters is 1. The highest BCUT2D eigenvalue weighted by Gasteiger charge is 2.25. The summed E-state index contributed by atoms with van der Waals surface area (Å²) in [5.74, 6) is -1.08. The van der Waals surface area contributed by atoms with Gasteiger partial charge in [-0.3, -0.25) is 9.59 Å². The molecule has 1 saturated heterocycles. The van der Waals surface area contributed by atoms with Crippen LogP contribution in [0.15, 0.2) is 5.38 Å². The predicted molar refractivity (Wildman–Crippen MR) is 67.0 cm³/mol. The number of carbonyl (C=O) groups is 3. The van der Waals surface area contributed by atoms with Crippen LogP contribution in [0, 0.1) is 0 Å². The monoisotopic (exact) mass is 283 g/mol. The van der Waals surface area contributed by atoms with Crippen molar-refractivity contribution in [2.75, 3.05) is 26.2 Å². The van der Waals surface area contributed by atoms with Gasteiger partial charge in [0.05, 0.1) is 13.2 Å². The number of amides is 2. The molecule has 0 spiro atoms. The number of thiazole rings is 1. The molecule has 1 fully saturated rings. The van der Waals surface area contributed by atoms with Gasteiger partial charge in [0.25, 0.3) is 5.91 Å². The second-order valence-corrected chi connectivity index (χ2v) is 4.69. The highest BCUT2D eigenvalue weighted by molar-refractivity contribution is 7.11. The first-order valence-corrected chi connectivity index (χ1v) is 6.68. The maximum atomic E-state index is 12.1. The van der Waals surface area contributed by atoms with Gasteiger partial charge in [0.1, 0.15) is 5.69 Å². The second-order valence-electron chi connectivity index (χ2n) is 3.84. The number of ether oxygens (including phenoxy) is 1. The van der Waals surface area contributed by atoms with Crippen molar-refractivity contribution in [1.82, 2.24) is 15.2 Å². The molecule has 1 aliphatic rings. The summed E-state index contributed by atoms with van der Waals surface area (Å²) in [6.45, 7) is 2.85. The molecule has 7 nitrogen and oxygen atoms in total. The van der Waals surface area contributed by atoms with Crippen LogP contribution in [0.2, 0.25) is 0 Å². The molecule has 2 amide bonds. The molecular formula is C11H13N3O4S. The van der Waals surface area contributed by atoms with Gasteiger partial charge in [-0.1, -0.05) is 0 Å². The van der Waals surface area contributed by atoms with Gasteiger partial charge in [-0.25, -0.2) is 9.78 Å². The van der Waals surface area contributed by atoms with Crippen molar-refractivity contribution in [2.45, 2.75) is 6.92 Å². The number of aromatic nitrogens is 1. The third kappa shape index (κ3) is 3.08. The summed E-state index contributed by atoms with van der Waals surface area (Å²) in [5, 5.41) is 4.28. The number of hydrogen-bond donors (Lipinski definition) is 1. The normalized spacial score (nSPS) is 15.0. The van der Waals surface area contributed by atoms with Crippen LogP contribution in [0.3, 0.4) is 0 Å². The van der Waals surface area contributed by atoms with Crippen LogP contribution < -0.4 is 5.32 Å². The summed E-state index contributed by atoms with van der Waals surface area (Å²) >= 11 is 1.06. The van der Waals surface area contributed by atoms with E-state index in [4.69, 9.17) is 4.74 Å². The van der Waals surface area contributed by atoms with Gasteiger partial charge in [0, 0.05) is 18.5 Å². The van der Waals surface area contributed by atoms with E-state index in [9.17, 15) is 14.4 Å². The summed E-state index contributed by atoms with van der Waals surface area (Å²) < 4.78 is 4.80. The summed E-state index contributed by atoms with van der Waals surface area (Å²) in [7, 11) is 0. The summed E-state index contributed by atoms with van der Waals surface area (Å²) in [6, 6.07) is 0. The minimum atomic E-state index is -0.539. The topological polar surface area (TPSA) is 88.6 Å². The van der Waals surface area contributed by atoms with Crippen LogP contribution in [-0.2, 0) is 9.53 Å². The number of carbonyl (C=O) groups excluding carboxylic acids is 3. The van der Waals surface area contributed by atoms with Crippen molar-refractivity contribution in [1.29, 1.82) is 0 Å². The average Bonchev–Trinajstić information content (AvgIpc) is 2.88. The molecule has 1 aromatic rings. The first kappa shape index (κ1) is 13.5. The van der Waals surface area contributed by atoms with E-state index >= 15 is 0 Å². The fraction of sp³-hybridized carbons (Fsp3) is 0.455. The smallest absolute Gasteiger partial charge is 0.367 e. The largest absolute Gasteiger partial charge is 0.461 e. The molecule has 0 bridgehead atoms. The molecule has 8 heteroatoms. The Balaban J connectivity index is 2.07. The fourth-order valence-electron chi connectivity index (χ4n) is 1.63. The molecule has 1 aromatic heterocycles. The van der Waals surface area contributed by atoms with Gasteiger partial charge in [0.15, 0.2) is 0 Å². The van der Waals surface area contributed by atoms with Crippen LogP contribution in [-0.4, -0.2) is 53.9 Å². The van der Waals surface area contributed by atoms with Crippen molar-refractivity contribution in [2.24, 2.45) is 0 Å². The highest BCUT2D eigenvalue weighted by Crippen LogP contribution is 2.13. The van der Waals surface area contributed by atoms with E-state index in [-0.39, 0.29) is 35.7 Å². The van der Waals surface area contributed by atoms with Crippen molar-refractivity contribution in [3.8, 4) is 0 Å². The summed E-state index contributed by atoms with van der Waals surface area (Å²) in [4.78, 5) is 40.1. The molecule has 0 aliphatic carbocycles. The Labute approximate surface area is 113 Å². The van der Waals surface area contributed by atoms with E-state index in [1.165, 1.54) is 10.3 Å². The number of nitrogens with one attached hydrogen (secondary N) is 1. The van der Waals surface area contributed by atoms with Gasteiger partial charge in [0.2, 0.25) is 10.9 Å². The maximum Gasteiger partial charge on any atom is 0.367 e. The Hall–Kier alpha value is -1.96. The zero-order valence-electron chi connectivity index (χ0n) is 10.3. The second kappa shape index (κ2) is 5.79. The van der Waals surface area contributed by atoms with Gasteiger partial charge in [-0.05, 0) is 6.92 Å². The average molecular weight is 283 g/mol. The molecule has 0 saturated carbocycles. The Kier molecular flexibility index (Phi) is 4.10. The van der Waals surface area contributed by atoms with E-state index in [1.807, 2.05) is 0 Å². The van der Waals surface area contributed by atoms with Crippen molar-refractivity contribution in [3.63, 3.8) is 0 Å². The van der Waals surface area contributed by atoms with Crippen molar-refractivity contribution < 1.29 is 19.1 Å². The number of piperazine rings is 1. The molecule has 1 N–H and O–H groups in total. The first-order chi connectivity index (χ1) is 9.11. The third-order valence-electron chi connectivity index (χ3n) is 2.50. The zero-order chi connectivity index (χ0) is 13.8. The van der Waals surface area contributed by atoms with Gasteiger partial charge in [-0.15, -0.1) is 11.3 Å². The zero-order valence-corrected chi connectivity index (χ0v) is 11.2. The lowest BCUT2D eigenvalue weighted by molar-refractivity contribution is -0.123. The van der Waals surface area contributed by atoms with Crippen LogP contribution in [0.25, 0.3) is 0 Å². The third-order valence-corrected chi connectivity index (χ3v) is 3.32. The lowest BCUT2D eigenvalue weighted by Crippen LogP contribution is -2.50. The van der Waals surface area contributed by atoms with Gasteiger partial charge >= 0.3 is 5.97 Å². The van der Waals surface area contributed by atoms with Gasteiger partial charge in [-0.2, -0.15) is 0 Å².